The molecule has 0 unspecified atom stereocenters. The molecule has 4 aromatic rings. The zero-order valence-corrected chi connectivity index (χ0v) is 20.5. The summed E-state index contributed by atoms with van der Waals surface area (Å²) in [6.45, 7) is 5.67. The molecule has 7 heteroatoms. The summed E-state index contributed by atoms with van der Waals surface area (Å²) in [5.74, 6) is 1.49. The average Bonchev–Trinajstić information content (AvgIpc) is 2.87. The molecule has 0 spiro atoms. The molecule has 1 aromatic heterocycles. The van der Waals surface area contributed by atoms with E-state index in [1.165, 1.54) is 0 Å². The van der Waals surface area contributed by atoms with E-state index in [1.54, 1.807) is 38.3 Å². The van der Waals surface area contributed by atoms with Crippen molar-refractivity contribution >= 4 is 28.3 Å². The van der Waals surface area contributed by atoms with Crippen molar-refractivity contribution in [1.29, 1.82) is 0 Å². The van der Waals surface area contributed by atoms with Crippen LogP contribution in [0.1, 0.15) is 11.3 Å². The average molecular weight is 491 g/mol. The van der Waals surface area contributed by atoms with Crippen LogP contribution in [0.25, 0.3) is 22.1 Å². The molecule has 0 atom stereocenters. The number of phenolic OH excluding ortho intramolecular Hbond substituents is 1. The highest BCUT2D eigenvalue weighted by Gasteiger charge is 2.22. The first-order valence-corrected chi connectivity index (χ1v) is 12.0. The van der Waals surface area contributed by atoms with Crippen LogP contribution in [0.15, 0.2) is 69.9 Å². The third-order valence-corrected chi connectivity index (χ3v) is 6.89. The van der Waals surface area contributed by atoms with Gasteiger partial charge in [-0.1, -0.05) is 23.7 Å². The Morgan fingerprint density at radius 1 is 0.971 bits per heavy atom. The Bertz CT molecular complexity index is 1410. The molecule has 1 saturated heterocycles. The van der Waals surface area contributed by atoms with Crippen LogP contribution < -0.4 is 15.1 Å². The van der Waals surface area contributed by atoms with E-state index in [4.69, 9.17) is 20.8 Å². The van der Waals surface area contributed by atoms with Gasteiger partial charge in [0.25, 0.3) is 0 Å². The van der Waals surface area contributed by atoms with Crippen LogP contribution in [0.3, 0.4) is 0 Å². The van der Waals surface area contributed by atoms with Crippen molar-refractivity contribution in [3.05, 3.63) is 87.2 Å². The molecule has 35 heavy (non-hydrogen) atoms. The molecule has 180 valence electrons. The Kier molecular flexibility index (Phi) is 6.41. The van der Waals surface area contributed by atoms with Crippen LogP contribution >= 0.6 is 11.6 Å². The number of halogens is 1. The Morgan fingerprint density at radius 2 is 1.66 bits per heavy atom. The monoisotopic (exact) mass is 490 g/mol. The number of methoxy groups -OCH3 is 1. The topological polar surface area (TPSA) is 66.2 Å². The minimum absolute atomic E-state index is 0.114. The molecule has 0 bridgehead atoms. The molecule has 1 aliphatic heterocycles. The van der Waals surface area contributed by atoms with Crippen molar-refractivity contribution in [2.75, 3.05) is 38.2 Å². The molecule has 0 saturated carbocycles. The van der Waals surface area contributed by atoms with E-state index < -0.39 is 0 Å². The summed E-state index contributed by atoms with van der Waals surface area (Å²) in [7, 11) is 1.67. The van der Waals surface area contributed by atoms with Gasteiger partial charge in [0.15, 0.2) is 0 Å². The predicted octanol–water partition coefficient (Wildman–Crippen LogP) is 5.46. The van der Waals surface area contributed by atoms with E-state index >= 15 is 0 Å². The summed E-state index contributed by atoms with van der Waals surface area (Å²) < 4.78 is 11.4. The highest BCUT2D eigenvalue weighted by atomic mass is 35.5. The number of aromatic hydroxyl groups is 1. The number of aryl methyl sites for hydroxylation is 1. The lowest BCUT2D eigenvalue weighted by atomic mass is 10.0. The van der Waals surface area contributed by atoms with E-state index in [1.807, 2.05) is 24.3 Å². The number of anilines is 1. The standard InChI is InChI=1S/C28H27ClN2O4/c1-18-26(19-3-5-20(29)6-4-19)27(33)23-11-12-25(32)24(28(23)35-18)17-30-13-15-31(16-14-30)21-7-9-22(34-2)10-8-21/h3-12,32H,13-17H2,1-2H3. The zero-order chi connectivity index (χ0) is 24.5. The Balaban J connectivity index is 1.40. The largest absolute Gasteiger partial charge is 0.507 e. The van der Waals surface area contributed by atoms with Crippen LogP contribution in [0, 0.1) is 6.92 Å². The van der Waals surface area contributed by atoms with Crippen molar-refractivity contribution in [3.8, 4) is 22.6 Å². The number of phenols is 1. The van der Waals surface area contributed by atoms with Crippen LogP contribution in [0.2, 0.25) is 5.02 Å². The van der Waals surface area contributed by atoms with Gasteiger partial charge in [-0.15, -0.1) is 0 Å². The quantitative estimate of drug-likeness (QED) is 0.401. The van der Waals surface area contributed by atoms with Gasteiger partial charge in [-0.2, -0.15) is 0 Å². The lowest BCUT2D eigenvalue weighted by molar-refractivity contribution is 0.246. The van der Waals surface area contributed by atoms with E-state index in [-0.39, 0.29) is 11.2 Å². The van der Waals surface area contributed by atoms with Crippen LogP contribution in [0.4, 0.5) is 5.69 Å². The maximum atomic E-state index is 13.4. The van der Waals surface area contributed by atoms with Gasteiger partial charge in [-0.05, 0) is 61.0 Å². The third kappa shape index (κ3) is 4.59. The first-order valence-electron chi connectivity index (χ1n) is 11.6. The van der Waals surface area contributed by atoms with Gasteiger partial charge in [-0.25, -0.2) is 0 Å². The SMILES string of the molecule is COc1ccc(N2CCN(Cc3c(O)ccc4c(=O)c(-c5ccc(Cl)cc5)c(C)oc34)CC2)cc1. The number of ether oxygens (including phenoxy) is 1. The fourth-order valence-electron chi connectivity index (χ4n) is 4.70. The Labute approximate surface area is 208 Å². The van der Waals surface area contributed by atoms with E-state index in [0.717, 1.165) is 43.2 Å². The molecular formula is C28H27ClN2O4. The summed E-state index contributed by atoms with van der Waals surface area (Å²) in [6, 6.07) is 18.5. The number of benzene rings is 3. The van der Waals surface area contributed by atoms with Crippen LogP contribution in [0.5, 0.6) is 11.5 Å². The van der Waals surface area contributed by atoms with Gasteiger partial charge in [0.05, 0.1) is 23.6 Å². The second kappa shape index (κ2) is 9.64. The minimum atomic E-state index is -0.114. The fraction of sp³-hybridized carbons (Fsp3) is 0.250. The molecule has 1 aliphatic rings. The number of hydrogen-bond donors (Lipinski definition) is 1. The van der Waals surface area contributed by atoms with Crippen LogP contribution in [-0.4, -0.2) is 43.3 Å². The fourth-order valence-corrected chi connectivity index (χ4v) is 4.82. The van der Waals surface area contributed by atoms with E-state index in [9.17, 15) is 9.90 Å². The minimum Gasteiger partial charge on any atom is -0.507 e. The Hall–Kier alpha value is -3.48. The molecular weight excluding hydrogens is 464 g/mol. The van der Waals surface area contributed by atoms with Crippen molar-refractivity contribution in [2.45, 2.75) is 13.5 Å². The molecule has 1 fully saturated rings. The first-order chi connectivity index (χ1) is 16.9. The molecule has 5 rings (SSSR count). The number of nitrogens with zero attached hydrogens (tertiary/aromatic N) is 2. The maximum Gasteiger partial charge on any atom is 0.200 e. The van der Waals surface area contributed by atoms with Crippen molar-refractivity contribution in [2.24, 2.45) is 0 Å². The molecule has 3 aromatic carbocycles. The third-order valence-electron chi connectivity index (χ3n) is 6.64. The van der Waals surface area contributed by atoms with Crippen molar-refractivity contribution < 1.29 is 14.3 Å². The molecule has 1 N–H and O–H groups in total. The molecule has 2 heterocycles. The summed E-state index contributed by atoms with van der Waals surface area (Å²) in [5, 5.41) is 11.8. The van der Waals surface area contributed by atoms with E-state index in [0.29, 0.717) is 39.4 Å². The highest BCUT2D eigenvalue weighted by Crippen LogP contribution is 2.32. The van der Waals surface area contributed by atoms with Gasteiger partial charge in [0, 0.05) is 43.4 Å². The first kappa shape index (κ1) is 23.3. The number of rotatable bonds is 5. The lowest BCUT2D eigenvalue weighted by Crippen LogP contribution is -2.46. The predicted molar refractivity (Wildman–Crippen MR) is 140 cm³/mol. The van der Waals surface area contributed by atoms with Gasteiger partial charge < -0.3 is 19.2 Å². The number of piperazine rings is 1. The second-order valence-electron chi connectivity index (χ2n) is 8.77. The summed E-state index contributed by atoms with van der Waals surface area (Å²) in [4.78, 5) is 18.0. The molecule has 0 radical (unpaired) electrons. The van der Waals surface area contributed by atoms with Gasteiger partial charge in [0.1, 0.15) is 22.8 Å². The normalized spacial score (nSPS) is 14.4. The number of hydrogen-bond acceptors (Lipinski definition) is 6. The second-order valence-corrected chi connectivity index (χ2v) is 9.21. The number of fused-ring (bicyclic) bond motifs is 1. The smallest absolute Gasteiger partial charge is 0.200 e. The van der Waals surface area contributed by atoms with E-state index in [2.05, 4.69) is 21.9 Å². The van der Waals surface area contributed by atoms with Crippen LogP contribution in [-0.2, 0) is 6.54 Å². The molecule has 0 amide bonds. The summed E-state index contributed by atoms with van der Waals surface area (Å²) >= 11 is 6.02. The van der Waals surface area contributed by atoms with Crippen molar-refractivity contribution in [3.63, 3.8) is 0 Å². The van der Waals surface area contributed by atoms with Gasteiger partial charge in [-0.3, -0.25) is 9.69 Å². The van der Waals surface area contributed by atoms with Gasteiger partial charge >= 0.3 is 0 Å². The lowest BCUT2D eigenvalue weighted by Gasteiger charge is -2.36. The van der Waals surface area contributed by atoms with Crippen molar-refractivity contribution in [1.82, 2.24) is 4.90 Å². The Morgan fingerprint density at radius 3 is 2.31 bits per heavy atom. The molecule has 0 aliphatic carbocycles. The molecule has 6 nitrogen and oxygen atoms in total. The van der Waals surface area contributed by atoms with Gasteiger partial charge in [0.2, 0.25) is 5.43 Å². The zero-order valence-electron chi connectivity index (χ0n) is 19.8. The summed E-state index contributed by atoms with van der Waals surface area (Å²) in [6.07, 6.45) is 0. The highest BCUT2D eigenvalue weighted by molar-refractivity contribution is 6.30. The summed E-state index contributed by atoms with van der Waals surface area (Å²) in [5.41, 5.74) is 3.41. The maximum absolute atomic E-state index is 13.4.